The second-order valence-electron chi connectivity index (χ2n) is 10.0. The van der Waals surface area contributed by atoms with Crippen molar-refractivity contribution in [1.29, 1.82) is 0 Å². The van der Waals surface area contributed by atoms with Gasteiger partial charge in [-0.3, -0.25) is 4.79 Å². The lowest BCUT2D eigenvalue weighted by molar-refractivity contribution is -0.138. The fraction of sp³-hybridized carbons (Fsp3) is 0.652. The quantitative estimate of drug-likeness (QED) is 0.722. The van der Waals surface area contributed by atoms with Gasteiger partial charge in [0.1, 0.15) is 11.6 Å². The van der Waals surface area contributed by atoms with Crippen molar-refractivity contribution in [2.75, 3.05) is 13.1 Å². The zero-order valence-corrected chi connectivity index (χ0v) is 19.5. The van der Waals surface area contributed by atoms with E-state index >= 15 is 0 Å². The Balaban J connectivity index is 2.10. The normalized spacial score (nSPS) is 20.3. The minimum atomic E-state index is -0.604. The predicted molar refractivity (Wildman–Crippen MR) is 117 cm³/mol. The van der Waals surface area contributed by atoms with Crippen LogP contribution in [-0.2, 0) is 9.53 Å². The van der Waals surface area contributed by atoms with Crippen LogP contribution in [0.4, 0.5) is 4.79 Å². The summed E-state index contributed by atoms with van der Waals surface area (Å²) in [6, 6.07) is 7.39. The first-order valence-electron chi connectivity index (χ1n) is 10.3. The smallest absolute Gasteiger partial charge is 0.408 e. The van der Waals surface area contributed by atoms with E-state index in [1.807, 2.05) is 51.7 Å². The van der Waals surface area contributed by atoms with Gasteiger partial charge in [0.05, 0.1) is 0 Å². The zero-order valence-electron chi connectivity index (χ0n) is 18.7. The number of alkyl carbamates (subject to hydrolysis) is 1. The van der Waals surface area contributed by atoms with Crippen LogP contribution in [0.15, 0.2) is 24.3 Å². The molecule has 1 aromatic rings. The van der Waals surface area contributed by atoms with Gasteiger partial charge in [0.2, 0.25) is 5.91 Å². The Morgan fingerprint density at radius 3 is 2.28 bits per heavy atom. The summed E-state index contributed by atoms with van der Waals surface area (Å²) >= 11 is 6.03. The first-order chi connectivity index (χ1) is 13.3. The van der Waals surface area contributed by atoms with Gasteiger partial charge in [-0.25, -0.2) is 4.79 Å². The van der Waals surface area contributed by atoms with Crippen molar-refractivity contribution in [3.63, 3.8) is 0 Å². The monoisotopic (exact) mass is 422 g/mol. The number of ether oxygens (including phenoxy) is 1. The first kappa shape index (κ1) is 23.5. The minimum absolute atomic E-state index is 0.0351. The molecule has 1 aromatic carbocycles. The van der Waals surface area contributed by atoms with Crippen LogP contribution in [0, 0.1) is 11.3 Å². The fourth-order valence-corrected chi connectivity index (χ4v) is 4.13. The molecule has 1 saturated heterocycles. The number of benzene rings is 1. The van der Waals surface area contributed by atoms with Crippen molar-refractivity contribution in [2.45, 2.75) is 72.4 Å². The Bertz CT molecular complexity index is 723. The molecule has 162 valence electrons. The molecule has 1 N–H and O–H groups in total. The second-order valence-corrected chi connectivity index (χ2v) is 10.4. The van der Waals surface area contributed by atoms with Crippen LogP contribution in [-0.4, -0.2) is 41.6 Å². The van der Waals surface area contributed by atoms with Gasteiger partial charge in [-0.15, -0.1) is 0 Å². The molecule has 2 atom stereocenters. The molecule has 0 bridgehead atoms. The summed E-state index contributed by atoms with van der Waals surface area (Å²) in [5.41, 5.74) is 0.557. The number of likely N-dealkylation sites (tertiary alicyclic amines) is 1. The molecule has 5 nitrogen and oxygen atoms in total. The number of piperidine rings is 1. The van der Waals surface area contributed by atoms with Crippen LogP contribution in [0.5, 0.6) is 0 Å². The number of carbonyl (C=O) groups is 2. The molecule has 1 aliphatic rings. The molecule has 2 unspecified atom stereocenters. The van der Waals surface area contributed by atoms with Crippen molar-refractivity contribution in [1.82, 2.24) is 10.2 Å². The highest BCUT2D eigenvalue weighted by atomic mass is 35.5. The third kappa shape index (κ3) is 6.36. The van der Waals surface area contributed by atoms with Crippen molar-refractivity contribution < 1.29 is 14.3 Å². The summed E-state index contributed by atoms with van der Waals surface area (Å²) < 4.78 is 5.35. The van der Waals surface area contributed by atoms with Crippen LogP contribution in [0.1, 0.15) is 66.4 Å². The third-order valence-electron chi connectivity index (χ3n) is 5.42. The van der Waals surface area contributed by atoms with Crippen molar-refractivity contribution in [2.24, 2.45) is 11.3 Å². The molecule has 6 heteroatoms. The number of hydrogen-bond donors (Lipinski definition) is 1. The molecule has 1 heterocycles. The molecule has 29 heavy (non-hydrogen) atoms. The van der Waals surface area contributed by atoms with Gasteiger partial charge in [-0.1, -0.05) is 51.4 Å². The average molecular weight is 423 g/mol. The van der Waals surface area contributed by atoms with Gasteiger partial charge >= 0.3 is 6.09 Å². The van der Waals surface area contributed by atoms with E-state index in [-0.39, 0.29) is 17.2 Å². The molecule has 0 aliphatic carbocycles. The number of nitrogens with one attached hydrogen (secondary N) is 1. The number of rotatable bonds is 4. The van der Waals surface area contributed by atoms with E-state index in [2.05, 4.69) is 31.3 Å². The van der Waals surface area contributed by atoms with Gasteiger partial charge < -0.3 is 15.0 Å². The van der Waals surface area contributed by atoms with Gasteiger partial charge in [0.25, 0.3) is 0 Å². The van der Waals surface area contributed by atoms with Crippen LogP contribution >= 0.6 is 11.6 Å². The lowest BCUT2D eigenvalue weighted by Crippen LogP contribution is -2.56. The first-order valence-corrected chi connectivity index (χ1v) is 10.7. The Morgan fingerprint density at radius 2 is 1.79 bits per heavy atom. The number of nitrogens with zero attached hydrogens (tertiary/aromatic N) is 1. The SMILES string of the molecule is CC(C)C(NC(=O)OC(C)(C)C)C(=O)N1CCC(c2ccc(Cl)cc2)C(C)(C)C1. The summed E-state index contributed by atoms with van der Waals surface area (Å²) in [7, 11) is 0. The van der Waals surface area contributed by atoms with Gasteiger partial charge in [0, 0.05) is 18.1 Å². The van der Waals surface area contributed by atoms with Crippen LogP contribution < -0.4 is 5.32 Å². The minimum Gasteiger partial charge on any atom is -0.444 e. The number of amides is 2. The summed E-state index contributed by atoms with van der Waals surface area (Å²) in [4.78, 5) is 27.4. The largest absolute Gasteiger partial charge is 0.444 e. The summed E-state index contributed by atoms with van der Waals surface area (Å²) in [5, 5.41) is 3.51. The molecule has 1 aliphatic heterocycles. The van der Waals surface area contributed by atoms with Crippen LogP contribution in [0.25, 0.3) is 0 Å². The van der Waals surface area contributed by atoms with E-state index in [1.54, 1.807) is 0 Å². The number of halogens is 1. The van der Waals surface area contributed by atoms with E-state index in [0.29, 0.717) is 19.0 Å². The Hall–Kier alpha value is -1.75. The summed E-state index contributed by atoms with van der Waals surface area (Å²) in [6.07, 6.45) is 0.317. The standard InChI is InChI=1S/C23H35ClN2O3/c1-15(2)19(25-21(28)29-22(3,4)5)20(27)26-13-12-18(23(6,7)14-26)16-8-10-17(24)11-9-16/h8-11,15,18-19H,12-14H2,1-7H3,(H,25,28). The maximum atomic E-state index is 13.3. The maximum absolute atomic E-state index is 13.3. The fourth-order valence-electron chi connectivity index (χ4n) is 4.00. The van der Waals surface area contributed by atoms with Crippen molar-refractivity contribution in [3.8, 4) is 0 Å². The second kappa shape index (κ2) is 8.95. The van der Waals surface area contributed by atoms with Crippen molar-refractivity contribution >= 4 is 23.6 Å². The van der Waals surface area contributed by atoms with Crippen LogP contribution in [0.3, 0.4) is 0 Å². The number of hydrogen-bond acceptors (Lipinski definition) is 3. The van der Waals surface area contributed by atoms with Crippen molar-refractivity contribution in [3.05, 3.63) is 34.9 Å². The summed E-state index contributed by atoms with van der Waals surface area (Å²) in [5.74, 6) is 0.265. The third-order valence-corrected chi connectivity index (χ3v) is 5.67. The summed E-state index contributed by atoms with van der Waals surface area (Å²) in [6.45, 7) is 15.0. The molecule has 2 rings (SSSR count). The Labute approximate surface area is 180 Å². The van der Waals surface area contributed by atoms with Gasteiger partial charge in [0.15, 0.2) is 0 Å². The van der Waals surface area contributed by atoms with E-state index in [0.717, 1.165) is 11.4 Å². The van der Waals surface area contributed by atoms with E-state index in [9.17, 15) is 9.59 Å². The van der Waals surface area contributed by atoms with E-state index < -0.39 is 17.7 Å². The highest BCUT2D eigenvalue weighted by Gasteiger charge is 2.40. The highest BCUT2D eigenvalue weighted by Crippen LogP contribution is 2.42. The van der Waals surface area contributed by atoms with E-state index in [4.69, 9.17) is 16.3 Å². The number of carbonyl (C=O) groups excluding carboxylic acids is 2. The lowest BCUT2D eigenvalue weighted by atomic mass is 9.70. The predicted octanol–water partition coefficient (Wildman–Crippen LogP) is 5.23. The van der Waals surface area contributed by atoms with Crippen LogP contribution in [0.2, 0.25) is 5.02 Å². The topological polar surface area (TPSA) is 58.6 Å². The zero-order chi connectivity index (χ0) is 22.0. The molecule has 0 radical (unpaired) electrons. The van der Waals surface area contributed by atoms with Gasteiger partial charge in [-0.2, -0.15) is 0 Å². The Kier molecular flexibility index (Phi) is 7.26. The molecule has 1 fully saturated rings. The lowest BCUT2D eigenvalue weighted by Gasteiger charge is -2.45. The molecule has 0 spiro atoms. The molecule has 2 amide bonds. The Morgan fingerprint density at radius 1 is 1.21 bits per heavy atom. The molecule has 0 saturated carbocycles. The van der Waals surface area contributed by atoms with Gasteiger partial charge in [-0.05, 0) is 62.1 Å². The van der Waals surface area contributed by atoms with E-state index in [1.165, 1.54) is 5.56 Å². The molecule has 0 aromatic heterocycles. The molecular formula is C23H35ClN2O3. The highest BCUT2D eigenvalue weighted by molar-refractivity contribution is 6.30. The molecular weight excluding hydrogens is 388 g/mol. The average Bonchev–Trinajstić information content (AvgIpc) is 2.57. The maximum Gasteiger partial charge on any atom is 0.408 e.